The van der Waals surface area contributed by atoms with E-state index in [1.54, 1.807) is 13.8 Å². The van der Waals surface area contributed by atoms with Crippen molar-refractivity contribution in [2.45, 2.75) is 163 Å². The summed E-state index contributed by atoms with van der Waals surface area (Å²) in [7, 11) is 0. The van der Waals surface area contributed by atoms with Crippen molar-refractivity contribution in [1.29, 1.82) is 0 Å². The Bertz CT molecular complexity index is 4070. The lowest BCUT2D eigenvalue weighted by atomic mass is 9.86. The van der Waals surface area contributed by atoms with Gasteiger partial charge in [0.05, 0.1) is 34.9 Å². The summed E-state index contributed by atoms with van der Waals surface area (Å²) in [5, 5.41) is 128. The van der Waals surface area contributed by atoms with Crippen molar-refractivity contribution in [3.05, 3.63) is 117 Å². The second kappa shape index (κ2) is 30.2. The van der Waals surface area contributed by atoms with Gasteiger partial charge in [0.2, 0.25) is 53.4 Å². The van der Waals surface area contributed by atoms with Crippen LogP contribution in [0.25, 0.3) is 11.1 Å². The van der Waals surface area contributed by atoms with E-state index >= 15 is 14.4 Å². The predicted octanol–water partition coefficient (Wildman–Crippen LogP) is 0.236. The first-order valence-corrected chi connectivity index (χ1v) is 32.4. The Hall–Kier alpha value is -9.20. The molecule has 2 fully saturated rings. The third kappa shape index (κ3) is 16.0. The number of benzene rings is 5. The fourth-order valence-corrected chi connectivity index (χ4v) is 12.9. The molecule has 12 rings (SSSR count). The van der Waals surface area contributed by atoms with Crippen molar-refractivity contribution in [3.63, 3.8) is 0 Å². The molecule has 0 radical (unpaired) electrons. The number of carboxylic acid groups (broad SMARTS) is 1. The largest absolute Gasteiger partial charge is 0.508 e. The third-order valence-electron chi connectivity index (χ3n) is 17.7. The number of carbonyl (C=O) groups excluding carboxylic acids is 7. The fraction of sp³-hybridized carbons (Fsp3) is 0.424. The minimum Gasteiger partial charge on any atom is -0.508 e. The van der Waals surface area contributed by atoms with Gasteiger partial charge in [-0.2, -0.15) is 0 Å². The molecule has 33 nitrogen and oxygen atoms in total. The molecule has 22 N–H and O–H groups in total. The summed E-state index contributed by atoms with van der Waals surface area (Å²) >= 11 is 14.1. The molecule has 7 heterocycles. The van der Waals surface area contributed by atoms with E-state index in [4.69, 9.17) is 68.8 Å². The molecule has 101 heavy (non-hydrogen) atoms. The van der Waals surface area contributed by atoms with Gasteiger partial charge in [-0.05, 0) is 109 Å². The van der Waals surface area contributed by atoms with Crippen LogP contribution in [0.15, 0.2) is 78.9 Å². The zero-order valence-corrected chi connectivity index (χ0v) is 55.6. The number of aliphatic hydroxyl groups is 6. The summed E-state index contributed by atoms with van der Waals surface area (Å²) in [5.41, 5.74) is 14.2. The second-order valence-electron chi connectivity index (χ2n) is 25.8. The molecule has 2 saturated heterocycles. The highest BCUT2D eigenvalue weighted by molar-refractivity contribution is 6.32. The number of rotatable bonds is 13. The topological polar surface area (TPSA) is 544 Å². The molecule has 5 aromatic rings. The van der Waals surface area contributed by atoms with Gasteiger partial charge in [0.1, 0.15) is 89.5 Å². The molecule has 5 aromatic carbocycles. The van der Waals surface area contributed by atoms with Gasteiger partial charge in [0, 0.05) is 41.1 Å². The van der Waals surface area contributed by atoms with E-state index < -0.39 is 244 Å². The molecular formula is C66H75Cl2N9O24. The number of halogens is 2. The van der Waals surface area contributed by atoms with E-state index in [1.807, 2.05) is 0 Å². The van der Waals surface area contributed by atoms with E-state index in [0.29, 0.717) is 0 Å². The van der Waals surface area contributed by atoms with Gasteiger partial charge < -0.3 is 129 Å². The number of aliphatic carboxylic acids is 1. The molecule has 542 valence electrons. The summed E-state index contributed by atoms with van der Waals surface area (Å²) in [4.78, 5) is 116. The van der Waals surface area contributed by atoms with Crippen molar-refractivity contribution in [2.24, 2.45) is 23.1 Å². The normalized spacial score (nSPS) is 29.4. The summed E-state index contributed by atoms with van der Waals surface area (Å²) in [5.74, 6) is -15.8. The van der Waals surface area contributed by atoms with Gasteiger partial charge in [-0.3, -0.25) is 33.6 Å². The first kappa shape index (κ1) is 74.5. The van der Waals surface area contributed by atoms with Gasteiger partial charge in [-0.15, -0.1) is 0 Å². The number of hydrogen-bond donors (Lipinski definition) is 19. The number of carbonyl (C=O) groups is 8. The molecule has 0 aliphatic carbocycles. The molecule has 18 atom stereocenters. The zero-order valence-electron chi connectivity index (χ0n) is 54.1. The Morgan fingerprint density at radius 2 is 1.32 bits per heavy atom. The van der Waals surface area contributed by atoms with Crippen LogP contribution in [0.5, 0.6) is 46.0 Å². The number of phenolic OH excluding ortho intramolecular Hbond substituents is 3. The Morgan fingerprint density at radius 1 is 0.713 bits per heavy atom. The predicted molar refractivity (Wildman–Crippen MR) is 349 cm³/mol. The summed E-state index contributed by atoms with van der Waals surface area (Å²) in [6.45, 7) is 5.56. The Balaban J connectivity index is 1.24. The molecule has 7 aliphatic rings. The fourth-order valence-electron chi connectivity index (χ4n) is 12.4. The van der Waals surface area contributed by atoms with Gasteiger partial charge >= 0.3 is 5.97 Å². The van der Waals surface area contributed by atoms with Crippen LogP contribution in [-0.2, 0) is 52.6 Å². The third-order valence-corrected chi connectivity index (χ3v) is 18.3. The number of fused-ring (bicyclic) bond motifs is 15. The number of aromatic hydroxyl groups is 3. The van der Waals surface area contributed by atoms with E-state index in [2.05, 4.69) is 31.9 Å². The number of ether oxygens (including phenoxy) is 6. The number of nitrogens with one attached hydrogen (secondary N) is 6. The minimum absolute atomic E-state index is 0.0850. The van der Waals surface area contributed by atoms with Gasteiger partial charge in [0.25, 0.3) is 0 Å². The van der Waals surface area contributed by atoms with Crippen LogP contribution in [-0.4, -0.2) is 184 Å². The molecule has 7 amide bonds. The van der Waals surface area contributed by atoms with Crippen molar-refractivity contribution < 1.29 is 118 Å². The lowest BCUT2D eigenvalue weighted by Crippen LogP contribution is -2.64. The molecule has 35 heteroatoms. The lowest BCUT2D eigenvalue weighted by Gasteiger charge is -2.47. The lowest BCUT2D eigenvalue weighted by molar-refractivity contribution is -0.333. The number of hydrogen-bond acceptors (Lipinski definition) is 25. The van der Waals surface area contributed by atoms with Crippen molar-refractivity contribution in [3.8, 4) is 57.1 Å². The SMILES string of the molecule is CC(C)C[C@@H](N)C(=O)N[C@H]1C(=O)N[C@@H](CCC(N)=O)C(=O)N[C@H]2C(=O)N[C@H]3C(=O)N[C@H](C(=O)N[C@H](C(=O)O)c4cc(O)cc(O)c4-c4cc3ccc4O)[C@H](O)c3ccc(c(Cl)c3)Oc3cc2cc(c3OC2OC(CO)C(O)C(O)C2OC2CC(C)(N)C(O)C(C)O2)Oc2ccc(cc2Cl)[C@H]1O. The smallest absolute Gasteiger partial charge is 0.330 e. The second-order valence-corrected chi connectivity index (χ2v) is 26.6. The molecule has 0 spiro atoms. The highest BCUT2D eigenvalue weighted by Gasteiger charge is 2.51. The van der Waals surface area contributed by atoms with E-state index in [1.165, 1.54) is 26.0 Å². The molecule has 7 aliphatic heterocycles. The van der Waals surface area contributed by atoms with Crippen molar-refractivity contribution in [1.82, 2.24) is 31.9 Å². The first-order chi connectivity index (χ1) is 47.6. The van der Waals surface area contributed by atoms with Crippen LogP contribution in [0.2, 0.25) is 10.0 Å². The van der Waals surface area contributed by atoms with Crippen LogP contribution in [0, 0.1) is 5.92 Å². The molecule has 9 unspecified atom stereocenters. The maximum absolute atomic E-state index is 16.0. The standard InChI is InChI=1S/C66H75Cl2N9O24/c1-23(2)13-34(69)58(88)76-49-51(83)26-6-10-38(32(67)15-26)97-40-17-28-18-41(55(40)101-65-56(54(86)53(85)42(22-78)99-65)100-44-21-66(4,71)57(87)24(3)96-44)98-39-11-7-27(16-33(39)68)52(84)50-63(93)75-48(64(94)95)31-19-29(79)20-37(81)45(31)30-14-25(5-9-36(30)80)46(60(90)77-50)74-61(91)47(28)73-59(89)35(72-62(49)92)8-12-43(70)82/h5-7,9-11,14-20,23-24,34-35,42,44,46-54,56-57,65,78-81,83-87H,8,12-13,21-22,69,71H2,1-4H3,(H2,70,82)(H,72,92)(H,73,89)(H,74,91)(H,75,93)(H,76,88)(H,77,90)(H,94,95)/t24?,34-,35+,42?,44?,46-,47-,48+,49-,50+,51-,52-,53?,54?,56?,57?,65?,66?/m1/s1. The summed E-state index contributed by atoms with van der Waals surface area (Å²) in [6, 6.07) is -0.721. The Morgan fingerprint density at radius 3 is 1.91 bits per heavy atom. The zero-order chi connectivity index (χ0) is 73.5. The van der Waals surface area contributed by atoms with E-state index in [-0.39, 0.29) is 46.2 Å². The Kier molecular flexibility index (Phi) is 22.2. The van der Waals surface area contributed by atoms with Gasteiger partial charge in [0.15, 0.2) is 29.9 Å². The highest BCUT2D eigenvalue weighted by Crippen LogP contribution is 2.50. The average Bonchev–Trinajstić information content (AvgIpc) is 0.769. The first-order valence-electron chi connectivity index (χ1n) is 31.7. The average molecular weight is 1450 g/mol. The molecule has 11 bridgehead atoms. The van der Waals surface area contributed by atoms with Gasteiger partial charge in [-0.25, -0.2) is 4.79 Å². The number of primary amides is 1. The summed E-state index contributed by atoms with van der Waals surface area (Å²) in [6.07, 6.45) is -18.9. The van der Waals surface area contributed by atoms with Crippen molar-refractivity contribution in [2.75, 3.05) is 6.61 Å². The molecule has 0 saturated carbocycles. The van der Waals surface area contributed by atoms with Crippen molar-refractivity contribution >= 4 is 70.5 Å². The molecular weight excluding hydrogens is 1370 g/mol. The number of phenols is 3. The van der Waals surface area contributed by atoms with Gasteiger partial charge in [-0.1, -0.05) is 55.2 Å². The highest BCUT2D eigenvalue weighted by atomic mass is 35.5. The number of aliphatic hydroxyl groups excluding tert-OH is 6. The minimum atomic E-state index is -2.32. The quantitative estimate of drug-likeness (QED) is 0.0750. The number of carboxylic acids is 1. The van der Waals surface area contributed by atoms with E-state index in [0.717, 1.165) is 66.7 Å². The Labute approximate surface area is 584 Å². The maximum Gasteiger partial charge on any atom is 0.330 e. The number of nitrogens with two attached hydrogens (primary N) is 3. The van der Waals surface area contributed by atoms with Crippen LogP contribution in [0.1, 0.15) is 112 Å². The van der Waals surface area contributed by atoms with Crippen LogP contribution < -0.4 is 63.3 Å². The molecule has 0 aromatic heterocycles. The van der Waals surface area contributed by atoms with Crippen LogP contribution in [0.4, 0.5) is 0 Å². The maximum atomic E-state index is 16.0. The van der Waals surface area contributed by atoms with Crippen LogP contribution in [0.3, 0.4) is 0 Å². The summed E-state index contributed by atoms with van der Waals surface area (Å²) < 4.78 is 38.3. The monoisotopic (exact) mass is 1450 g/mol. The van der Waals surface area contributed by atoms with E-state index in [9.17, 15) is 75.0 Å². The number of amides is 7. The van der Waals surface area contributed by atoms with Crippen LogP contribution >= 0.6 is 23.2 Å².